The molecule has 0 bridgehead atoms. The van der Waals surface area contributed by atoms with Crippen molar-refractivity contribution in [3.63, 3.8) is 0 Å². The van der Waals surface area contributed by atoms with Crippen LogP contribution in [0.2, 0.25) is 0 Å². The van der Waals surface area contributed by atoms with E-state index in [0.29, 0.717) is 6.42 Å². The number of hydrogen-bond donors (Lipinski definition) is 8. The average molecular weight is 708 g/mol. The molecule has 0 radical (unpaired) electrons. The quantitative estimate of drug-likeness (QED) is 0.160. The van der Waals surface area contributed by atoms with Crippen LogP contribution in [0.4, 0.5) is 0 Å². The van der Waals surface area contributed by atoms with E-state index in [4.69, 9.17) is 29.4 Å². The normalized spacial score (nSPS) is 51.2. The third-order valence-electron chi connectivity index (χ3n) is 11.0. The fraction of sp³-hybridized carbons (Fsp3) is 0.941. The van der Waals surface area contributed by atoms with Crippen molar-refractivity contribution in [2.24, 2.45) is 35.3 Å². The number of carbonyl (C=O) groups excluding carboxylic acids is 2. The number of aliphatic hydroxyl groups excluding tert-OH is 5. The Hall–Kier alpha value is -1.34. The van der Waals surface area contributed by atoms with Crippen LogP contribution in [-0.4, -0.2) is 139 Å². The molecule has 3 aliphatic heterocycles. The second kappa shape index (κ2) is 16.6. The number of aliphatic hydroxyl groups is 7. The molecule has 9 N–H and O–H groups in total. The van der Waals surface area contributed by atoms with E-state index in [1.807, 2.05) is 0 Å². The van der Waals surface area contributed by atoms with Gasteiger partial charge in [0.15, 0.2) is 12.6 Å². The van der Waals surface area contributed by atoms with Gasteiger partial charge >= 0.3 is 5.97 Å². The van der Waals surface area contributed by atoms with Crippen LogP contribution in [0.25, 0.3) is 0 Å². The SMILES string of the molecule is CC[C@H]1OC(=O)[C@H](C)[C@@H](O[C@H]2CC(C)(O)[C@@H](O)C(C)O2)[C@H](C)[C@@H](O[C@@H]2OC(CO)[C@@H](O)C(O)C2N)[C@](C)(O)C[C@@H](C)C(=O)[C@H](C)[C@@H](O)[C@H]1C. The van der Waals surface area contributed by atoms with Crippen molar-refractivity contribution in [3.05, 3.63) is 0 Å². The Bertz CT molecular complexity index is 1100. The van der Waals surface area contributed by atoms with E-state index >= 15 is 0 Å². The van der Waals surface area contributed by atoms with Crippen LogP contribution in [0.1, 0.15) is 81.6 Å². The Morgan fingerprint density at radius 1 is 0.816 bits per heavy atom. The molecule has 5 unspecified atom stereocenters. The summed E-state index contributed by atoms with van der Waals surface area (Å²) in [6.45, 7) is 13.7. The Balaban J connectivity index is 2.15. The number of esters is 1. The van der Waals surface area contributed by atoms with Crippen LogP contribution in [-0.2, 0) is 33.3 Å². The largest absolute Gasteiger partial charge is 0.462 e. The second-order valence-corrected chi connectivity index (χ2v) is 15.3. The summed E-state index contributed by atoms with van der Waals surface area (Å²) in [5.74, 6) is -5.34. The number of nitrogens with two attached hydrogens (primary N) is 1. The molecular weight excluding hydrogens is 646 g/mol. The minimum Gasteiger partial charge on any atom is -0.462 e. The molecule has 0 aliphatic carbocycles. The lowest BCUT2D eigenvalue weighted by Gasteiger charge is -2.48. The van der Waals surface area contributed by atoms with Crippen molar-refractivity contribution in [1.29, 1.82) is 0 Å². The molecule has 0 saturated carbocycles. The first-order valence-electron chi connectivity index (χ1n) is 17.5. The number of Topliss-reactive ketones (excluding diaryl/α,β-unsaturated/α-hetero) is 1. The molecule has 15 heteroatoms. The predicted molar refractivity (Wildman–Crippen MR) is 173 cm³/mol. The van der Waals surface area contributed by atoms with Crippen molar-refractivity contribution >= 4 is 11.8 Å². The van der Waals surface area contributed by atoms with E-state index in [9.17, 15) is 45.3 Å². The summed E-state index contributed by atoms with van der Waals surface area (Å²) < 4.78 is 30.4. The highest BCUT2D eigenvalue weighted by atomic mass is 16.7. The Kier molecular flexibility index (Phi) is 14.2. The summed E-state index contributed by atoms with van der Waals surface area (Å²) in [5, 5.41) is 75.8. The number of cyclic esters (lactones) is 1. The number of carbonyl (C=O) groups is 2. The molecule has 3 rings (SSSR count). The van der Waals surface area contributed by atoms with Gasteiger partial charge in [0.1, 0.15) is 36.3 Å². The predicted octanol–water partition coefficient (Wildman–Crippen LogP) is -0.643. The van der Waals surface area contributed by atoms with Gasteiger partial charge in [-0.05, 0) is 40.5 Å². The van der Waals surface area contributed by atoms with Gasteiger partial charge in [-0.1, -0.05) is 34.6 Å². The zero-order valence-electron chi connectivity index (χ0n) is 30.2. The monoisotopic (exact) mass is 707 g/mol. The number of ketones is 1. The highest BCUT2D eigenvalue weighted by Crippen LogP contribution is 2.39. The smallest absolute Gasteiger partial charge is 0.311 e. The van der Waals surface area contributed by atoms with Gasteiger partial charge in [-0.2, -0.15) is 0 Å². The lowest BCUT2D eigenvalue weighted by atomic mass is 9.74. The molecule has 0 aromatic heterocycles. The van der Waals surface area contributed by atoms with Crippen LogP contribution < -0.4 is 5.73 Å². The summed E-state index contributed by atoms with van der Waals surface area (Å²) in [6, 6.07) is -1.34. The highest BCUT2D eigenvalue weighted by molar-refractivity contribution is 5.83. The summed E-state index contributed by atoms with van der Waals surface area (Å²) in [4.78, 5) is 27.6. The van der Waals surface area contributed by atoms with Gasteiger partial charge in [-0.15, -0.1) is 0 Å². The van der Waals surface area contributed by atoms with Crippen molar-refractivity contribution in [1.82, 2.24) is 0 Å². The molecule has 0 aromatic carbocycles. The maximum absolute atomic E-state index is 13.9. The summed E-state index contributed by atoms with van der Waals surface area (Å²) >= 11 is 0. The molecule has 3 fully saturated rings. The minimum absolute atomic E-state index is 0.172. The number of rotatable bonds is 6. The maximum atomic E-state index is 13.9. The van der Waals surface area contributed by atoms with E-state index < -0.39 is 127 Å². The van der Waals surface area contributed by atoms with Gasteiger partial charge in [-0.3, -0.25) is 9.59 Å². The molecule has 0 aromatic rings. The van der Waals surface area contributed by atoms with Gasteiger partial charge in [0.2, 0.25) is 0 Å². The molecule has 49 heavy (non-hydrogen) atoms. The van der Waals surface area contributed by atoms with E-state index in [0.717, 1.165) is 0 Å². The Morgan fingerprint density at radius 2 is 1.43 bits per heavy atom. The van der Waals surface area contributed by atoms with Gasteiger partial charge < -0.3 is 65.2 Å². The molecule has 3 aliphatic rings. The van der Waals surface area contributed by atoms with Crippen LogP contribution in [0, 0.1) is 29.6 Å². The molecule has 0 spiro atoms. The fourth-order valence-corrected chi connectivity index (χ4v) is 7.74. The van der Waals surface area contributed by atoms with Crippen LogP contribution in [0.5, 0.6) is 0 Å². The molecule has 15 nitrogen and oxygen atoms in total. The molecule has 286 valence electrons. The van der Waals surface area contributed by atoms with Gasteiger partial charge in [0.05, 0.1) is 54.2 Å². The van der Waals surface area contributed by atoms with E-state index in [1.165, 1.54) is 13.8 Å². The van der Waals surface area contributed by atoms with Crippen molar-refractivity contribution in [2.45, 2.75) is 166 Å². The first kappa shape index (κ1) is 42.1. The molecule has 3 heterocycles. The standard InChI is InChI=1S/C34H61NO14/c1-10-20-15(3)25(38)16(4)24(37)14(2)11-34(9,44)30(49-32-23(35)27(40)26(39)21(13-36)47-32)17(5)28(18(6)31(42)46-20)48-22-12-33(8,43)29(41)19(7)45-22/h14-23,25-30,32,36,38-41,43-44H,10-13,35H2,1-9H3/t14-,15+,16+,17+,18-,19?,20-,21?,22+,23?,25+,26-,27?,28+,29+,30-,32+,33?,34-/m1/s1. The molecule has 0 amide bonds. The summed E-state index contributed by atoms with van der Waals surface area (Å²) in [6.07, 6.45) is -13.5. The zero-order chi connectivity index (χ0) is 37.3. The third kappa shape index (κ3) is 9.18. The van der Waals surface area contributed by atoms with Crippen molar-refractivity contribution in [3.8, 4) is 0 Å². The van der Waals surface area contributed by atoms with Crippen molar-refractivity contribution < 1.29 is 69.0 Å². The van der Waals surface area contributed by atoms with E-state index in [2.05, 4.69) is 0 Å². The summed E-state index contributed by atoms with van der Waals surface area (Å²) in [7, 11) is 0. The lowest BCUT2D eigenvalue weighted by Crippen LogP contribution is -2.65. The zero-order valence-corrected chi connectivity index (χ0v) is 30.2. The number of hydrogen-bond acceptors (Lipinski definition) is 15. The number of ether oxygens (including phenoxy) is 5. The van der Waals surface area contributed by atoms with E-state index in [1.54, 1.807) is 48.5 Å². The molecular formula is C34H61NO14. The van der Waals surface area contributed by atoms with Gasteiger partial charge in [0.25, 0.3) is 0 Å². The molecule has 19 atom stereocenters. The maximum Gasteiger partial charge on any atom is 0.311 e. The summed E-state index contributed by atoms with van der Waals surface area (Å²) in [5.41, 5.74) is 2.74. The minimum atomic E-state index is -1.88. The van der Waals surface area contributed by atoms with Crippen LogP contribution in [0.3, 0.4) is 0 Å². The van der Waals surface area contributed by atoms with Crippen LogP contribution in [0.15, 0.2) is 0 Å². The first-order valence-corrected chi connectivity index (χ1v) is 17.5. The third-order valence-corrected chi connectivity index (χ3v) is 11.0. The first-order chi connectivity index (χ1) is 22.6. The highest BCUT2D eigenvalue weighted by Gasteiger charge is 2.52. The lowest BCUT2D eigenvalue weighted by molar-refractivity contribution is -0.317. The second-order valence-electron chi connectivity index (χ2n) is 15.3. The van der Waals surface area contributed by atoms with Crippen LogP contribution >= 0.6 is 0 Å². The fourth-order valence-electron chi connectivity index (χ4n) is 7.74. The van der Waals surface area contributed by atoms with Gasteiger partial charge in [0, 0.05) is 30.1 Å². The Morgan fingerprint density at radius 3 is 1.98 bits per heavy atom. The van der Waals surface area contributed by atoms with E-state index in [-0.39, 0.29) is 18.6 Å². The van der Waals surface area contributed by atoms with Gasteiger partial charge in [-0.25, -0.2) is 0 Å². The Labute approximate surface area is 289 Å². The topological polar surface area (TPSA) is 248 Å². The molecule has 3 saturated heterocycles. The average Bonchev–Trinajstić information content (AvgIpc) is 3.04. The van der Waals surface area contributed by atoms with Crippen molar-refractivity contribution in [2.75, 3.05) is 6.61 Å².